The molecule has 1 fully saturated rings. The molecule has 1 aliphatic heterocycles. The van der Waals surface area contributed by atoms with Gasteiger partial charge in [-0.3, -0.25) is 0 Å². The van der Waals surface area contributed by atoms with Crippen molar-refractivity contribution >= 4 is 21.7 Å². The molecule has 1 aliphatic rings. The van der Waals surface area contributed by atoms with E-state index < -0.39 is 0 Å². The van der Waals surface area contributed by atoms with Gasteiger partial charge in [0.1, 0.15) is 0 Å². The first-order valence-corrected chi connectivity index (χ1v) is 7.26. The second-order valence-corrected chi connectivity index (χ2v) is 5.86. The maximum Gasteiger partial charge on any atom is 0.166 e. The number of halogens is 2. The molecule has 1 aromatic rings. The van der Waals surface area contributed by atoms with Gasteiger partial charge in [-0.25, -0.2) is 9.37 Å². The molecule has 0 aliphatic carbocycles. The average molecular weight is 332 g/mol. The molecule has 6 heteroatoms. The first-order valence-electron chi connectivity index (χ1n) is 6.46. The van der Waals surface area contributed by atoms with E-state index in [-0.39, 0.29) is 11.9 Å². The van der Waals surface area contributed by atoms with Crippen molar-refractivity contribution in [1.29, 1.82) is 0 Å². The lowest BCUT2D eigenvalue weighted by Crippen LogP contribution is -2.52. The Labute approximate surface area is 121 Å². The molecule has 0 saturated carbocycles. The van der Waals surface area contributed by atoms with Gasteiger partial charge >= 0.3 is 0 Å². The molecule has 0 bridgehead atoms. The first-order chi connectivity index (χ1) is 9.08. The summed E-state index contributed by atoms with van der Waals surface area (Å²) < 4.78 is 20.2. The van der Waals surface area contributed by atoms with Gasteiger partial charge in [0.25, 0.3) is 0 Å². The smallest absolute Gasteiger partial charge is 0.166 e. The predicted molar refractivity (Wildman–Crippen MR) is 77.0 cm³/mol. The molecule has 1 N–H and O–H groups in total. The summed E-state index contributed by atoms with van der Waals surface area (Å²) in [6.07, 6.45) is 1.63. The summed E-state index contributed by atoms with van der Waals surface area (Å²) in [6.45, 7) is 6.80. The number of morpholine rings is 1. The van der Waals surface area contributed by atoms with Gasteiger partial charge < -0.3 is 15.0 Å². The number of anilines is 1. The third-order valence-electron chi connectivity index (χ3n) is 3.05. The van der Waals surface area contributed by atoms with Gasteiger partial charge in [0, 0.05) is 29.8 Å². The molecular weight excluding hydrogens is 313 g/mol. The molecule has 0 radical (unpaired) electrons. The molecule has 2 rings (SSSR count). The van der Waals surface area contributed by atoms with Crippen LogP contribution in [-0.2, 0) is 4.74 Å². The second-order valence-electron chi connectivity index (χ2n) is 4.94. The van der Waals surface area contributed by atoms with Crippen LogP contribution in [0.15, 0.2) is 16.7 Å². The predicted octanol–water partition coefficient (Wildman–Crippen LogP) is 2.19. The largest absolute Gasteiger partial charge is 0.377 e. The van der Waals surface area contributed by atoms with Crippen LogP contribution < -0.4 is 10.2 Å². The zero-order chi connectivity index (χ0) is 13.8. The lowest BCUT2D eigenvalue weighted by atomic mass is 10.2. The molecule has 4 nitrogen and oxygen atoms in total. The molecule has 1 unspecified atom stereocenters. The van der Waals surface area contributed by atoms with Gasteiger partial charge in [-0.2, -0.15) is 0 Å². The summed E-state index contributed by atoms with van der Waals surface area (Å²) in [5.41, 5.74) is 0. The maximum absolute atomic E-state index is 14.0. The van der Waals surface area contributed by atoms with Crippen molar-refractivity contribution in [2.45, 2.75) is 25.9 Å². The second kappa shape index (κ2) is 6.63. The van der Waals surface area contributed by atoms with Crippen molar-refractivity contribution in [3.8, 4) is 0 Å². The minimum absolute atomic E-state index is 0.110. The van der Waals surface area contributed by atoms with E-state index >= 15 is 0 Å². The van der Waals surface area contributed by atoms with E-state index in [1.807, 2.05) is 4.90 Å². The van der Waals surface area contributed by atoms with Gasteiger partial charge in [0.05, 0.1) is 19.3 Å². The van der Waals surface area contributed by atoms with Crippen LogP contribution in [0.5, 0.6) is 0 Å². The topological polar surface area (TPSA) is 37.4 Å². The first kappa shape index (κ1) is 14.7. The maximum atomic E-state index is 14.0. The lowest BCUT2D eigenvalue weighted by Gasteiger charge is -2.37. The Balaban J connectivity index is 2.14. The molecule has 1 aromatic heterocycles. The standard InChI is InChI=1S/C13H19BrFN3O/c1-9(2)16-7-11-8-19-4-3-18(11)13-12(15)5-10(14)6-17-13/h5-6,9,11,16H,3-4,7-8H2,1-2H3. The number of nitrogens with one attached hydrogen (secondary N) is 1. The Morgan fingerprint density at radius 1 is 1.63 bits per heavy atom. The van der Waals surface area contributed by atoms with Crippen molar-refractivity contribution in [3.05, 3.63) is 22.6 Å². The lowest BCUT2D eigenvalue weighted by molar-refractivity contribution is 0.0923. The minimum Gasteiger partial charge on any atom is -0.377 e. The number of nitrogens with zero attached hydrogens (tertiary/aromatic N) is 2. The summed E-state index contributed by atoms with van der Waals surface area (Å²) >= 11 is 3.23. The highest BCUT2D eigenvalue weighted by Gasteiger charge is 2.26. The van der Waals surface area contributed by atoms with Gasteiger partial charge in [-0.05, 0) is 22.0 Å². The monoisotopic (exact) mass is 331 g/mol. The van der Waals surface area contributed by atoms with Gasteiger partial charge in [-0.15, -0.1) is 0 Å². The van der Waals surface area contributed by atoms with E-state index in [4.69, 9.17) is 4.74 Å². The van der Waals surface area contributed by atoms with Crippen molar-refractivity contribution < 1.29 is 9.13 Å². The summed E-state index contributed by atoms with van der Waals surface area (Å²) in [5, 5.41) is 3.36. The Morgan fingerprint density at radius 3 is 3.11 bits per heavy atom. The van der Waals surface area contributed by atoms with Crippen molar-refractivity contribution in [2.24, 2.45) is 0 Å². The van der Waals surface area contributed by atoms with Crippen LogP contribution in [-0.4, -0.2) is 43.4 Å². The number of aromatic nitrogens is 1. The molecule has 2 heterocycles. The number of rotatable bonds is 4. The zero-order valence-electron chi connectivity index (χ0n) is 11.2. The minimum atomic E-state index is -0.300. The number of pyridine rings is 1. The normalized spacial score (nSPS) is 20.1. The SMILES string of the molecule is CC(C)NCC1COCCN1c1ncc(Br)cc1F. The van der Waals surface area contributed by atoms with E-state index in [0.717, 1.165) is 6.54 Å². The van der Waals surface area contributed by atoms with Crippen LogP contribution in [0.3, 0.4) is 0 Å². The van der Waals surface area contributed by atoms with E-state index in [0.29, 0.717) is 36.1 Å². The Morgan fingerprint density at radius 2 is 2.42 bits per heavy atom. The Kier molecular flexibility index (Phi) is 5.13. The molecule has 0 spiro atoms. The van der Waals surface area contributed by atoms with Crippen LogP contribution in [0.2, 0.25) is 0 Å². The van der Waals surface area contributed by atoms with E-state index in [9.17, 15) is 4.39 Å². The van der Waals surface area contributed by atoms with Crippen LogP contribution in [0.25, 0.3) is 0 Å². The fourth-order valence-corrected chi connectivity index (χ4v) is 2.40. The van der Waals surface area contributed by atoms with E-state index in [1.165, 1.54) is 6.07 Å². The highest BCUT2D eigenvalue weighted by molar-refractivity contribution is 9.10. The summed E-state index contributed by atoms with van der Waals surface area (Å²) in [7, 11) is 0. The van der Waals surface area contributed by atoms with Gasteiger partial charge in [0.15, 0.2) is 11.6 Å². The third kappa shape index (κ3) is 3.87. The zero-order valence-corrected chi connectivity index (χ0v) is 12.8. The Bertz CT molecular complexity index is 430. The van der Waals surface area contributed by atoms with Crippen LogP contribution in [0, 0.1) is 5.82 Å². The van der Waals surface area contributed by atoms with E-state index in [1.54, 1.807) is 6.20 Å². The van der Waals surface area contributed by atoms with Crippen LogP contribution in [0.4, 0.5) is 10.2 Å². The third-order valence-corrected chi connectivity index (χ3v) is 3.48. The van der Waals surface area contributed by atoms with Crippen molar-refractivity contribution in [1.82, 2.24) is 10.3 Å². The molecule has 106 valence electrons. The summed E-state index contributed by atoms with van der Waals surface area (Å²) in [6, 6.07) is 1.95. The fraction of sp³-hybridized carbons (Fsp3) is 0.615. The van der Waals surface area contributed by atoms with E-state index in [2.05, 4.69) is 40.1 Å². The van der Waals surface area contributed by atoms with Crippen molar-refractivity contribution in [2.75, 3.05) is 31.2 Å². The molecule has 1 atom stereocenters. The molecule has 1 saturated heterocycles. The highest BCUT2D eigenvalue weighted by Crippen LogP contribution is 2.23. The number of hydrogen-bond acceptors (Lipinski definition) is 4. The summed E-state index contributed by atoms with van der Waals surface area (Å²) in [5.74, 6) is 0.105. The van der Waals surface area contributed by atoms with Crippen molar-refractivity contribution in [3.63, 3.8) is 0 Å². The molecule has 19 heavy (non-hydrogen) atoms. The molecule has 0 aromatic carbocycles. The highest BCUT2D eigenvalue weighted by atomic mass is 79.9. The Hall–Kier alpha value is -0.720. The quantitative estimate of drug-likeness (QED) is 0.917. The average Bonchev–Trinajstić information content (AvgIpc) is 2.37. The molecule has 0 amide bonds. The number of ether oxygens (including phenoxy) is 1. The van der Waals surface area contributed by atoms with Crippen LogP contribution >= 0.6 is 15.9 Å². The van der Waals surface area contributed by atoms with Crippen LogP contribution in [0.1, 0.15) is 13.8 Å². The van der Waals surface area contributed by atoms with Gasteiger partial charge in [-0.1, -0.05) is 13.8 Å². The fourth-order valence-electron chi connectivity index (χ4n) is 2.09. The van der Waals surface area contributed by atoms with Gasteiger partial charge in [0.2, 0.25) is 0 Å². The molecular formula is C13H19BrFN3O. The number of hydrogen-bond donors (Lipinski definition) is 1. The summed E-state index contributed by atoms with van der Waals surface area (Å²) in [4.78, 5) is 6.19.